The highest BCUT2D eigenvalue weighted by Gasteiger charge is 2.29. The van der Waals surface area contributed by atoms with Crippen molar-refractivity contribution in [3.05, 3.63) is 18.2 Å². The zero-order valence-corrected chi connectivity index (χ0v) is 18.0. The quantitative estimate of drug-likeness (QED) is 0.171. The molecule has 3 amide bonds. The van der Waals surface area contributed by atoms with Gasteiger partial charge in [0.05, 0.1) is 12.4 Å². The van der Waals surface area contributed by atoms with Crippen LogP contribution in [0.1, 0.15) is 38.8 Å². The number of hydrogen-bond donors (Lipinski definition) is 7. The molecular formula is C19H30N6O7. The molecule has 3 atom stereocenters. The molecule has 32 heavy (non-hydrogen) atoms. The lowest BCUT2D eigenvalue weighted by Gasteiger charge is -2.24. The second-order valence-electron chi connectivity index (χ2n) is 7.68. The van der Waals surface area contributed by atoms with E-state index in [4.69, 9.17) is 15.9 Å². The fourth-order valence-corrected chi connectivity index (χ4v) is 2.81. The SMILES string of the molecule is CC(C)CC(N)C(=O)NC(Cc1cnc[nH]1)C(=O)NC(CCC(=O)O)C(=O)NCC(=O)O. The van der Waals surface area contributed by atoms with Crippen molar-refractivity contribution in [3.63, 3.8) is 0 Å². The number of aromatic amines is 1. The van der Waals surface area contributed by atoms with Crippen molar-refractivity contribution in [1.29, 1.82) is 0 Å². The third kappa shape index (κ3) is 10.0. The van der Waals surface area contributed by atoms with Gasteiger partial charge in [-0.05, 0) is 18.8 Å². The predicted octanol–water partition coefficient (Wildman–Crippen LogP) is -1.64. The van der Waals surface area contributed by atoms with E-state index in [1.807, 2.05) is 13.8 Å². The highest BCUT2D eigenvalue weighted by Crippen LogP contribution is 2.06. The molecular weight excluding hydrogens is 424 g/mol. The molecule has 0 saturated carbocycles. The van der Waals surface area contributed by atoms with Gasteiger partial charge in [0.15, 0.2) is 0 Å². The zero-order valence-electron chi connectivity index (χ0n) is 18.0. The van der Waals surface area contributed by atoms with Gasteiger partial charge in [-0.3, -0.25) is 24.0 Å². The molecule has 178 valence electrons. The van der Waals surface area contributed by atoms with Crippen LogP contribution in [0, 0.1) is 5.92 Å². The lowest BCUT2D eigenvalue weighted by molar-refractivity contribution is -0.140. The van der Waals surface area contributed by atoms with Gasteiger partial charge in [0.1, 0.15) is 18.6 Å². The third-order valence-corrected chi connectivity index (χ3v) is 4.37. The first-order chi connectivity index (χ1) is 15.0. The Balaban J connectivity index is 2.96. The monoisotopic (exact) mass is 454 g/mol. The number of carbonyl (C=O) groups excluding carboxylic acids is 3. The van der Waals surface area contributed by atoms with E-state index in [-0.39, 0.29) is 18.8 Å². The maximum atomic E-state index is 12.9. The normalized spacial score (nSPS) is 13.6. The molecule has 0 fully saturated rings. The van der Waals surface area contributed by atoms with Crippen molar-refractivity contribution >= 4 is 29.7 Å². The number of aromatic nitrogens is 2. The Morgan fingerprint density at radius 2 is 1.69 bits per heavy atom. The van der Waals surface area contributed by atoms with Crippen LogP contribution in [0.15, 0.2) is 12.5 Å². The minimum absolute atomic E-state index is 0.00830. The third-order valence-electron chi connectivity index (χ3n) is 4.37. The minimum atomic E-state index is -1.32. The number of H-pyrrole nitrogens is 1. The first-order valence-electron chi connectivity index (χ1n) is 10.0. The van der Waals surface area contributed by atoms with Crippen molar-refractivity contribution in [3.8, 4) is 0 Å². The van der Waals surface area contributed by atoms with Gasteiger partial charge in [-0.2, -0.15) is 0 Å². The van der Waals surface area contributed by atoms with Crippen molar-refractivity contribution in [2.75, 3.05) is 6.54 Å². The second kappa shape index (κ2) is 13.0. The fraction of sp³-hybridized carbons (Fsp3) is 0.579. The number of carboxylic acid groups (broad SMARTS) is 2. The number of nitrogens with zero attached hydrogens (tertiary/aromatic N) is 1. The Labute approximate surface area is 184 Å². The number of hydrogen-bond acceptors (Lipinski definition) is 7. The molecule has 8 N–H and O–H groups in total. The summed E-state index contributed by atoms with van der Waals surface area (Å²) >= 11 is 0. The van der Waals surface area contributed by atoms with Crippen molar-refractivity contribution in [1.82, 2.24) is 25.9 Å². The van der Waals surface area contributed by atoms with Crippen LogP contribution < -0.4 is 21.7 Å². The summed E-state index contributed by atoms with van der Waals surface area (Å²) in [5.74, 6) is -4.53. The standard InChI is InChI=1S/C19H30N6O7/c1-10(2)5-12(20)17(30)25-14(6-11-7-21-9-23-11)19(32)24-13(3-4-15(26)27)18(31)22-8-16(28)29/h7,9-10,12-14H,3-6,8,20H2,1-2H3,(H,21,23)(H,22,31)(H,24,32)(H,25,30)(H,26,27)(H,28,29). The molecule has 0 aliphatic heterocycles. The average molecular weight is 454 g/mol. The summed E-state index contributed by atoms with van der Waals surface area (Å²) < 4.78 is 0. The van der Waals surface area contributed by atoms with Crippen LogP contribution in [0.3, 0.4) is 0 Å². The van der Waals surface area contributed by atoms with Crippen LogP contribution in [-0.2, 0) is 30.4 Å². The van der Waals surface area contributed by atoms with Crippen LogP contribution in [-0.4, -0.2) is 74.5 Å². The summed E-state index contributed by atoms with van der Waals surface area (Å²) in [7, 11) is 0. The summed E-state index contributed by atoms with van der Waals surface area (Å²) in [6.45, 7) is 3.09. The average Bonchev–Trinajstić information content (AvgIpc) is 3.20. The van der Waals surface area contributed by atoms with Crippen LogP contribution in [0.25, 0.3) is 0 Å². The molecule has 0 aliphatic rings. The van der Waals surface area contributed by atoms with Gasteiger partial charge in [0, 0.05) is 24.7 Å². The van der Waals surface area contributed by atoms with Gasteiger partial charge in [-0.1, -0.05) is 13.8 Å². The van der Waals surface area contributed by atoms with Gasteiger partial charge in [0.25, 0.3) is 0 Å². The molecule has 0 radical (unpaired) electrons. The summed E-state index contributed by atoms with van der Waals surface area (Å²) in [6.07, 6.45) is 2.54. The molecule has 1 aromatic rings. The first-order valence-corrected chi connectivity index (χ1v) is 10.0. The van der Waals surface area contributed by atoms with Crippen molar-refractivity contribution < 1.29 is 34.2 Å². The van der Waals surface area contributed by atoms with E-state index >= 15 is 0 Å². The second-order valence-corrected chi connectivity index (χ2v) is 7.68. The summed E-state index contributed by atoms with van der Waals surface area (Å²) in [5, 5.41) is 24.7. The van der Waals surface area contributed by atoms with Gasteiger partial charge in [0.2, 0.25) is 17.7 Å². The maximum Gasteiger partial charge on any atom is 0.322 e. The van der Waals surface area contributed by atoms with E-state index in [1.54, 1.807) is 0 Å². The molecule has 13 nitrogen and oxygen atoms in total. The Hall–Kier alpha value is -3.48. The highest BCUT2D eigenvalue weighted by molar-refractivity contribution is 5.94. The van der Waals surface area contributed by atoms with Gasteiger partial charge in [-0.15, -0.1) is 0 Å². The molecule has 0 saturated heterocycles. The zero-order chi connectivity index (χ0) is 24.3. The number of carboxylic acids is 2. The molecule has 0 bridgehead atoms. The van der Waals surface area contributed by atoms with Crippen LogP contribution in [0.2, 0.25) is 0 Å². The summed E-state index contributed by atoms with van der Waals surface area (Å²) in [5.41, 5.74) is 6.42. The predicted molar refractivity (Wildman–Crippen MR) is 111 cm³/mol. The van der Waals surface area contributed by atoms with Gasteiger partial charge in [-0.25, -0.2) is 4.98 Å². The Morgan fingerprint density at radius 3 is 2.22 bits per heavy atom. The Bertz CT molecular complexity index is 796. The number of nitrogens with two attached hydrogens (primary N) is 1. The molecule has 1 aromatic heterocycles. The van der Waals surface area contributed by atoms with E-state index in [2.05, 4.69) is 25.9 Å². The maximum absolute atomic E-state index is 12.9. The van der Waals surface area contributed by atoms with Crippen molar-refractivity contribution in [2.24, 2.45) is 11.7 Å². The molecule has 1 rings (SSSR count). The number of carbonyl (C=O) groups is 5. The molecule has 3 unspecified atom stereocenters. The Kier molecular flexibility index (Phi) is 10.8. The van der Waals surface area contributed by atoms with Gasteiger partial charge >= 0.3 is 11.9 Å². The largest absolute Gasteiger partial charge is 0.481 e. The smallest absolute Gasteiger partial charge is 0.322 e. The van der Waals surface area contributed by atoms with Gasteiger partial charge < -0.3 is 36.9 Å². The first kappa shape index (κ1) is 26.6. The number of imidazole rings is 1. The fourth-order valence-electron chi connectivity index (χ4n) is 2.81. The summed E-state index contributed by atoms with van der Waals surface area (Å²) in [6, 6.07) is -3.31. The van der Waals surface area contributed by atoms with E-state index in [9.17, 15) is 24.0 Å². The molecule has 1 heterocycles. The van der Waals surface area contributed by atoms with E-state index in [1.165, 1.54) is 12.5 Å². The lowest BCUT2D eigenvalue weighted by Crippen LogP contribution is -2.56. The molecule has 0 spiro atoms. The number of amides is 3. The molecule has 0 aromatic carbocycles. The molecule has 13 heteroatoms. The lowest BCUT2D eigenvalue weighted by atomic mass is 10.0. The van der Waals surface area contributed by atoms with Crippen LogP contribution >= 0.6 is 0 Å². The van der Waals surface area contributed by atoms with E-state index < -0.39 is 60.8 Å². The Morgan fingerprint density at radius 1 is 1.03 bits per heavy atom. The van der Waals surface area contributed by atoms with Crippen LogP contribution in [0.5, 0.6) is 0 Å². The van der Waals surface area contributed by atoms with Crippen LogP contribution in [0.4, 0.5) is 0 Å². The van der Waals surface area contributed by atoms with E-state index in [0.717, 1.165) is 0 Å². The highest BCUT2D eigenvalue weighted by atomic mass is 16.4. The van der Waals surface area contributed by atoms with E-state index in [0.29, 0.717) is 12.1 Å². The topological polar surface area (TPSA) is 217 Å². The van der Waals surface area contributed by atoms with Crippen molar-refractivity contribution in [2.45, 2.75) is 57.7 Å². The minimum Gasteiger partial charge on any atom is -0.481 e. The number of aliphatic carboxylic acids is 2. The summed E-state index contributed by atoms with van der Waals surface area (Å²) in [4.78, 5) is 65.9. The number of nitrogens with one attached hydrogen (secondary N) is 4. The number of rotatable bonds is 14. The molecule has 0 aliphatic carbocycles.